The Morgan fingerprint density at radius 1 is 0.509 bits per heavy atom. The highest BCUT2D eigenvalue weighted by Gasteiger charge is 2.49. The molecule has 7 aromatic rings. The Labute approximate surface area is 313 Å². The number of benzene rings is 6. The first-order valence-electron chi connectivity index (χ1n) is 19.0. The van der Waals surface area contributed by atoms with Crippen LogP contribution in [0, 0.1) is 0 Å². The van der Waals surface area contributed by atoms with Crippen LogP contribution in [0.5, 0.6) is 11.5 Å². The van der Waals surface area contributed by atoms with Crippen molar-refractivity contribution in [1.29, 1.82) is 0 Å². The molecular formula is C48H45BN2O2. The highest BCUT2D eigenvalue weighted by atomic mass is 16.5. The van der Waals surface area contributed by atoms with Gasteiger partial charge in [-0.25, -0.2) is 0 Å². The van der Waals surface area contributed by atoms with Crippen molar-refractivity contribution in [3.8, 4) is 22.6 Å². The minimum atomic E-state index is -0.140. The van der Waals surface area contributed by atoms with Gasteiger partial charge in [0.25, 0.3) is 0 Å². The maximum Gasteiger partial charge on any atom is 0.336 e. The lowest BCUT2D eigenvalue weighted by atomic mass is 9.44. The van der Waals surface area contributed by atoms with Crippen LogP contribution in [0.4, 0.5) is 28.4 Å². The Hall–Kier alpha value is -5.42. The first-order valence-corrected chi connectivity index (χ1v) is 19.0. The molecule has 0 saturated heterocycles. The topological polar surface area (TPSA) is 28.9 Å². The molecule has 4 heterocycles. The van der Waals surface area contributed by atoms with Gasteiger partial charge < -0.3 is 18.9 Å². The van der Waals surface area contributed by atoms with Crippen LogP contribution in [-0.2, 0) is 16.2 Å². The maximum atomic E-state index is 7.10. The van der Waals surface area contributed by atoms with Gasteiger partial charge in [-0.15, -0.1) is 0 Å². The molecule has 1 aromatic heterocycles. The van der Waals surface area contributed by atoms with Crippen LogP contribution in [-0.4, -0.2) is 6.85 Å². The molecule has 0 unspecified atom stereocenters. The number of para-hydroxylation sites is 2. The van der Waals surface area contributed by atoms with Crippen molar-refractivity contribution in [3.05, 3.63) is 126 Å². The quantitative estimate of drug-likeness (QED) is 0.160. The van der Waals surface area contributed by atoms with Crippen molar-refractivity contribution in [2.24, 2.45) is 0 Å². The molecule has 53 heavy (non-hydrogen) atoms. The summed E-state index contributed by atoms with van der Waals surface area (Å²) in [4.78, 5) is 5.13. The second kappa shape index (κ2) is 10.6. The molecule has 5 heteroatoms. The molecule has 262 valence electrons. The molecular weight excluding hydrogens is 647 g/mol. The second-order valence-corrected chi connectivity index (χ2v) is 18.3. The molecule has 0 fully saturated rings. The molecule has 0 radical (unpaired) electrons. The molecule has 0 amide bonds. The number of rotatable bonds is 1. The first kappa shape index (κ1) is 32.3. The fourth-order valence-electron chi connectivity index (χ4n) is 8.69. The summed E-state index contributed by atoms with van der Waals surface area (Å²) in [5, 5.41) is 2.18. The summed E-state index contributed by atoms with van der Waals surface area (Å²) < 4.78 is 13.7. The number of nitrogens with zero attached hydrogens (tertiary/aromatic N) is 2. The molecule has 0 atom stereocenters. The Morgan fingerprint density at radius 3 is 1.91 bits per heavy atom. The standard InChI is InChI=1S/C48H45BN2O2/c1-46(2,3)28-19-20-37-38(23-28)50(31-15-11-10-12-16-31)39-24-29(47(4,5)6)22-35-34-21-30(48(7,8)9)25-43-44(34)49(51(37)45(35)39)36-27-41-33(26-42(36)53-43)32-17-13-14-18-40(32)52-41/h10-27H,1-9H3. The Balaban J connectivity index is 1.36. The molecule has 4 nitrogen and oxygen atoms in total. The fourth-order valence-corrected chi connectivity index (χ4v) is 8.69. The van der Waals surface area contributed by atoms with Crippen molar-refractivity contribution in [1.82, 2.24) is 0 Å². The molecule has 0 bridgehead atoms. The highest BCUT2D eigenvalue weighted by Crippen LogP contribution is 2.59. The molecule has 0 N–H and O–H groups in total. The molecule has 0 aliphatic carbocycles. The summed E-state index contributed by atoms with van der Waals surface area (Å²) >= 11 is 0. The lowest BCUT2D eigenvalue weighted by Gasteiger charge is -2.49. The van der Waals surface area contributed by atoms with E-state index in [-0.39, 0.29) is 23.1 Å². The van der Waals surface area contributed by atoms with Crippen molar-refractivity contribution < 1.29 is 9.15 Å². The summed E-state index contributed by atoms with van der Waals surface area (Å²) in [7, 11) is 0. The van der Waals surface area contributed by atoms with Crippen LogP contribution in [0.2, 0.25) is 0 Å². The van der Waals surface area contributed by atoms with Crippen LogP contribution in [0.25, 0.3) is 33.1 Å². The Morgan fingerprint density at radius 2 is 1.17 bits per heavy atom. The largest absolute Gasteiger partial charge is 0.458 e. The minimum absolute atomic E-state index is 0.0285. The SMILES string of the molecule is CC(C)(C)c1cc2c3c(c1)-c1cc(C(C)(C)C)cc4c1N(B3c1cc3oc5ccccc5c3cc1O2)c1ccc(C(C)(C)C)cc1N4c1ccccc1. The minimum Gasteiger partial charge on any atom is -0.458 e. The van der Waals surface area contributed by atoms with Crippen LogP contribution in [0.15, 0.2) is 114 Å². The van der Waals surface area contributed by atoms with E-state index in [2.05, 4.69) is 175 Å². The Kier molecular flexibility index (Phi) is 6.45. The summed E-state index contributed by atoms with van der Waals surface area (Å²) in [6, 6.07) is 40.5. The van der Waals surface area contributed by atoms with Gasteiger partial charge in [0.15, 0.2) is 0 Å². The van der Waals surface area contributed by atoms with Gasteiger partial charge in [0.1, 0.15) is 22.7 Å². The third-order valence-corrected chi connectivity index (χ3v) is 11.6. The zero-order chi connectivity index (χ0) is 36.8. The number of fused-ring (bicyclic) bond motifs is 9. The zero-order valence-corrected chi connectivity index (χ0v) is 32.2. The van der Waals surface area contributed by atoms with E-state index >= 15 is 0 Å². The van der Waals surface area contributed by atoms with Gasteiger partial charge in [-0.1, -0.05) is 111 Å². The van der Waals surface area contributed by atoms with E-state index in [1.54, 1.807) is 0 Å². The molecule has 10 rings (SSSR count). The molecule has 6 aromatic carbocycles. The van der Waals surface area contributed by atoms with Gasteiger partial charge in [0.05, 0.1) is 22.7 Å². The van der Waals surface area contributed by atoms with E-state index < -0.39 is 0 Å². The van der Waals surface area contributed by atoms with Crippen LogP contribution < -0.4 is 25.4 Å². The number of hydrogen-bond donors (Lipinski definition) is 0. The summed E-state index contributed by atoms with van der Waals surface area (Å²) in [6.45, 7) is 20.6. The van der Waals surface area contributed by atoms with Crippen molar-refractivity contribution in [2.75, 3.05) is 9.71 Å². The van der Waals surface area contributed by atoms with E-state index in [0.717, 1.165) is 44.6 Å². The van der Waals surface area contributed by atoms with E-state index in [9.17, 15) is 0 Å². The van der Waals surface area contributed by atoms with Crippen molar-refractivity contribution >= 4 is 68.1 Å². The second-order valence-electron chi connectivity index (χ2n) is 18.3. The van der Waals surface area contributed by atoms with Gasteiger partial charge in [-0.3, -0.25) is 0 Å². The lowest BCUT2D eigenvalue weighted by Crippen LogP contribution is -2.60. The van der Waals surface area contributed by atoms with E-state index in [1.807, 2.05) is 6.07 Å². The van der Waals surface area contributed by atoms with Crippen LogP contribution in [0.3, 0.4) is 0 Å². The number of hydrogen-bond acceptors (Lipinski definition) is 4. The van der Waals surface area contributed by atoms with Gasteiger partial charge in [0, 0.05) is 27.5 Å². The third-order valence-electron chi connectivity index (χ3n) is 11.6. The molecule has 0 saturated carbocycles. The van der Waals surface area contributed by atoms with E-state index in [1.165, 1.54) is 56.0 Å². The van der Waals surface area contributed by atoms with Gasteiger partial charge in [0.2, 0.25) is 0 Å². The average Bonchev–Trinajstić information content (AvgIpc) is 3.47. The lowest BCUT2D eigenvalue weighted by molar-refractivity contribution is 0.483. The molecule has 3 aliphatic heterocycles. The fraction of sp³-hybridized carbons (Fsp3) is 0.250. The van der Waals surface area contributed by atoms with Crippen molar-refractivity contribution in [2.45, 2.75) is 78.6 Å². The van der Waals surface area contributed by atoms with Crippen LogP contribution in [0.1, 0.15) is 79.0 Å². The maximum absolute atomic E-state index is 7.10. The Bertz CT molecular complexity index is 2670. The average molecular weight is 693 g/mol. The summed E-state index contributed by atoms with van der Waals surface area (Å²) in [5.74, 6) is 1.82. The summed E-state index contributed by atoms with van der Waals surface area (Å²) in [6.07, 6.45) is 0. The predicted molar refractivity (Wildman–Crippen MR) is 224 cm³/mol. The summed E-state index contributed by atoms with van der Waals surface area (Å²) in [5.41, 5.74) is 16.2. The number of ether oxygens (including phenoxy) is 1. The normalized spacial score (nSPS) is 14.5. The monoisotopic (exact) mass is 692 g/mol. The first-order chi connectivity index (χ1) is 25.2. The molecule has 0 spiro atoms. The number of anilines is 5. The van der Waals surface area contributed by atoms with Gasteiger partial charge >= 0.3 is 6.85 Å². The van der Waals surface area contributed by atoms with Crippen LogP contribution >= 0.6 is 0 Å². The van der Waals surface area contributed by atoms with Gasteiger partial charge in [-0.2, -0.15) is 0 Å². The zero-order valence-electron chi connectivity index (χ0n) is 32.2. The van der Waals surface area contributed by atoms with E-state index in [0.29, 0.717) is 0 Å². The van der Waals surface area contributed by atoms with Crippen molar-refractivity contribution in [3.63, 3.8) is 0 Å². The predicted octanol–water partition coefficient (Wildman–Crippen LogP) is 12.3. The third kappa shape index (κ3) is 4.69. The smallest absolute Gasteiger partial charge is 0.336 e. The van der Waals surface area contributed by atoms with E-state index in [4.69, 9.17) is 9.15 Å². The molecule has 3 aliphatic rings. The van der Waals surface area contributed by atoms with Gasteiger partial charge in [-0.05, 0) is 105 Å². The number of furan rings is 1. The highest BCUT2D eigenvalue weighted by molar-refractivity contribution is 6.93.